The topological polar surface area (TPSA) is 57.8 Å². The highest BCUT2D eigenvalue weighted by atomic mass is 79.9. The average Bonchev–Trinajstić information content (AvgIpc) is 2.59. The Morgan fingerprint density at radius 3 is 2.76 bits per heavy atom. The van der Waals surface area contributed by atoms with Gasteiger partial charge >= 0.3 is 0 Å². The molecule has 2 aromatic heterocycles. The molecule has 0 saturated carbocycles. The van der Waals surface area contributed by atoms with Gasteiger partial charge in [-0.25, -0.2) is 4.98 Å². The second-order valence-corrected chi connectivity index (χ2v) is 4.74. The van der Waals surface area contributed by atoms with E-state index in [1.54, 1.807) is 18.2 Å². The first-order valence-corrected chi connectivity index (χ1v) is 6.09. The first kappa shape index (κ1) is 12.4. The van der Waals surface area contributed by atoms with Crippen molar-refractivity contribution in [3.8, 4) is 0 Å². The van der Waals surface area contributed by atoms with Crippen molar-refractivity contribution in [2.75, 3.05) is 5.32 Å². The molecular formula is C10H6BrCl2N3O. The van der Waals surface area contributed by atoms with Crippen LogP contribution in [0, 0.1) is 0 Å². The number of nitrogens with zero attached hydrogens (tertiary/aromatic N) is 1. The number of hydrogen-bond donors (Lipinski definition) is 2. The molecule has 0 bridgehead atoms. The van der Waals surface area contributed by atoms with E-state index in [1.807, 2.05) is 0 Å². The van der Waals surface area contributed by atoms with Crippen molar-refractivity contribution in [1.82, 2.24) is 9.97 Å². The molecule has 2 heterocycles. The number of halogens is 3. The van der Waals surface area contributed by atoms with Crippen LogP contribution in [0.4, 0.5) is 5.82 Å². The van der Waals surface area contributed by atoms with Crippen LogP contribution in [-0.2, 0) is 0 Å². The highest BCUT2D eigenvalue weighted by Gasteiger charge is 2.12. The zero-order valence-electron chi connectivity index (χ0n) is 8.30. The maximum absolute atomic E-state index is 11.8. The third-order valence-corrected chi connectivity index (χ3v) is 3.06. The van der Waals surface area contributed by atoms with Gasteiger partial charge in [-0.1, -0.05) is 29.3 Å². The van der Waals surface area contributed by atoms with Crippen LogP contribution in [0.2, 0.25) is 10.2 Å². The number of aromatic nitrogens is 2. The van der Waals surface area contributed by atoms with Gasteiger partial charge in [0.15, 0.2) is 0 Å². The Labute approximate surface area is 115 Å². The molecule has 0 radical (unpaired) electrons. The van der Waals surface area contributed by atoms with Crippen LogP contribution in [0.15, 0.2) is 28.9 Å². The molecule has 0 fully saturated rings. The molecule has 0 aliphatic carbocycles. The largest absolute Gasteiger partial charge is 0.340 e. The first-order chi connectivity index (χ1) is 8.06. The normalized spacial score (nSPS) is 10.3. The van der Waals surface area contributed by atoms with Crippen LogP contribution in [0.25, 0.3) is 0 Å². The van der Waals surface area contributed by atoms with Gasteiger partial charge in [0.1, 0.15) is 21.3 Å². The fraction of sp³-hybridized carbons (Fsp3) is 0. The number of H-pyrrole nitrogens is 1. The van der Waals surface area contributed by atoms with Gasteiger partial charge in [-0.05, 0) is 34.1 Å². The fourth-order valence-electron chi connectivity index (χ4n) is 1.19. The Morgan fingerprint density at radius 2 is 2.18 bits per heavy atom. The maximum Gasteiger partial charge on any atom is 0.273 e. The van der Waals surface area contributed by atoms with Gasteiger partial charge in [0, 0.05) is 0 Å². The van der Waals surface area contributed by atoms with Crippen LogP contribution < -0.4 is 5.32 Å². The standard InChI is InChI=1S/C10H6BrCl2N3O/c11-7-2-1-3-8(15-7)16-10(17)6-4-5(12)9(13)14-6/h1-4,14H,(H,15,16,17). The van der Waals surface area contributed by atoms with Crippen molar-refractivity contribution in [2.45, 2.75) is 0 Å². The Bertz CT molecular complexity index is 551. The molecule has 0 unspecified atom stereocenters. The van der Waals surface area contributed by atoms with Gasteiger partial charge in [0.05, 0.1) is 5.02 Å². The van der Waals surface area contributed by atoms with Crippen LogP contribution in [-0.4, -0.2) is 15.9 Å². The van der Waals surface area contributed by atoms with Crippen LogP contribution in [0.1, 0.15) is 10.5 Å². The molecule has 1 amide bonds. The van der Waals surface area contributed by atoms with Crippen molar-refractivity contribution in [2.24, 2.45) is 0 Å². The van der Waals surface area contributed by atoms with E-state index in [4.69, 9.17) is 23.2 Å². The number of rotatable bonds is 2. The zero-order valence-corrected chi connectivity index (χ0v) is 11.4. The lowest BCUT2D eigenvalue weighted by Gasteiger charge is -2.02. The van der Waals surface area contributed by atoms with Crippen molar-refractivity contribution >= 4 is 50.9 Å². The molecule has 0 spiro atoms. The van der Waals surface area contributed by atoms with Gasteiger partial charge in [0.25, 0.3) is 5.91 Å². The predicted octanol–water partition coefficient (Wildman–Crippen LogP) is 3.73. The zero-order chi connectivity index (χ0) is 12.4. The lowest BCUT2D eigenvalue weighted by Crippen LogP contribution is -2.13. The maximum atomic E-state index is 11.8. The molecule has 0 aliphatic rings. The molecule has 0 aliphatic heterocycles. The molecule has 88 valence electrons. The molecule has 2 aromatic rings. The van der Waals surface area contributed by atoms with Crippen molar-refractivity contribution in [3.63, 3.8) is 0 Å². The van der Waals surface area contributed by atoms with Crippen LogP contribution >= 0.6 is 39.1 Å². The van der Waals surface area contributed by atoms with Gasteiger partial charge in [-0.2, -0.15) is 0 Å². The van der Waals surface area contributed by atoms with E-state index in [0.29, 0.717) is 15.4 Å². The molecule has 0 atom stereocenters. The number of carbonyl (C=O) groups excluding carboxylic acids is 1. The number of aromatic amines is 1. The Kier molecular flexibility index (Phi) is 3.71. The van der Waals surface area contributed by atoms with E-state index in [2.05, 4.69) is 31.2 Å². The minimum absolute atomic E-state index is 0.235. The highest BCUT2D eigenvalue weighted by molar-refractivity contribution is 9.10. The third-order valence-electron chi connectivity index (χ3n) is 1.93. The SMILES string of the molecule is O=C(Nc1cccc(Br)n1)c1cc(Cl)c(Cl)[nH]1. The van der Waals surface area contributed by atoms with E-state index < -0.39 is 0 Å². The van der Waals surface area contributed by atoms with E-state index in [1.165, 1.54) is 6.07 Å². The second-order valence-electron chi connectivity index (χ2n) is 3.14. The van der Waals surface area contributed by atoms with E-state index in [9.17, 15) is 4.79 Å². The third kappa shape index (κ3) is 3.00. The lowest BCUT2D eigenvalue weighted by atomic mass is 10.4. The van der Waals surface area contributed by atoms with Gasteiger partial charge in [0.2, 0.25) is 0 Å². The van der Waals surface area contributed by atoms with Gasteiger partial charge in [-0.15, -0.1) is 0 Å². The van der Waals surface area contributed by atoms with Crippen LogP contribution in [0.3, 0.4) is 0 Å². The predicted molar refractivity (Wildman–Crippen MR) is 70.7 cm³/mol. The van der Waals surface area contributed by atoms with Crippen LogP contribution in [0.5, 0.6) is 0 Å². The molecule has 2 N–H and O–H groups in total. The summed E-state index contributed by atoms with van der Waals surface area (Å²) in [4.78, 5) is 18.5. The summed E-state index contributed by atoms with van der Waals surface area (Å²) in [6.45, 7) is 0. The monoisotopic (exact) mass is 333 g/mol. The summed E-state index contributed by atoms with van der Waals surface area (Å²) < 4.78 is 0.637. The number of anilines is 1. The Morgan fingerprint density at radius 1 is 1.41 bits per heavy atom. The summed E-state index contributed by atoms with van der Waals surface area (Å²) in [7, 11) is 0. The first-order valence-electron chi connectivity index (χ1n) is 4.54. The molecular weight excluding hydrogens is 329 g/mol. The summed E-state index contributed by atoms with van der Waals surface area (Å²) in [5, 5.41) is 3.15. The second kappa shape index (κ2) is 5.08. The number of pyridine rings is 1. The molecule has 4 nitrogen and oxygen atoms in total. The molecule has 2 rings (SSSR count). The Balaban J connectivity index is 2.17. The minimum Gasteiger partial charge on any atom is -0.340 e. The lowest BCUT2D eigenvalue weighted by molar-refractivity contribution is 0.102. The summed E-state index contributed by atoms with van der Waals surface area (Å²) >= 11 is 14.7. The molecule has 0 aromatic carbocycles. The number of hydrogen-bond acceptors (Lipinski definition) is 2. The quantitative estimate of drug-likeness (QED) is 0.822. The summed E-state index contributed by atoms with van der Waals surface area (Å²) in [6, 6.07) is 6.66. The van der Waals surface area contributed by atoms with E-state index in [0.717, 1.165) is 0 Å². The van der Waals surface area contributed by atoms with Crippen molar-refractivity contribution in [1.29, 1.82) is 0 Å². The number of nitrogens with one attached hydrogen (secondary N) is 2. The Hall–Kier alpha value is -1.04. The van der Waals surface area contributed by atoms with Gasteiger partial charge in [-0.3, -0.25) is 4.79 Å². The summed E-state index contributed by atoms with van der Waals surface area (Å²) in [5.74, 6) is 0.0793. The highest BCUT2D eigenvalue weighted by Crippen LogP contribution is 2.22. The molecule has 7 heteroatoms. The fourth-order valence-corrected chi connectivity index (χ4v) is 1.84. The molecule has 17 heavy (non-hydrogen) atoms. The average molecular weight is 335 g/mol. The van der Waals surface area contributed by atoms with Crippen molar-refractivity contribution < 1.29 is 4.79 Å². The summed E-state index contributed by atoms with van der Waals surface area (Å²) in [5.41, 5.74) is 0.279. The smallest absolute Gasteiger partial charge is 0.273 e. The molecule has 0 saturated heterocycles. The van der Waals surface area contributed by atoms with E-state index >= 15 is 0 Å². The number of amides is 1. The minimum atomic E-state index is -0.357. The summed E-state index contributed by atoms with van der Waals surface area (Å²) in [6.07, 6.45) is 0. The van der Waals surface area contributed by atoms with E-state index in [-0.39, 0.29) is 16.8 Å². The number of carbonyl (C=O) groups is 1. The van der Waals surface area contributed by atoms with Crippen molar-refractivity contribution in [3.05, 3.63) is 44.7 Å². The van der Waals surface area contributed by atoms with Gasteiger partial charge < -0.3 is 10.3 Å².